The molecule has 38 heavy (non-hydrogen) atoms. The number of ether oxygens (including phenoxy) is 3. The van der Waals surface area contributed by atoms with Crippen LogP contribution in [-0.2, 0) is 16.8 Å². The maximum Gasteiger partial charge on any atom is 0.253 e. The number of rotatable bonds is 9. The molecule has 1 aromatic carbocycles. The number of aromatic nitrogens is 5. The molecule has 0 unspecified atom stereocenters. The molecule has 0 spiro atoms. The van der Waals surface area contributed by atoms with E-state index >= 15 is 0 Å². The third kappa shape index (κ3) is 5.16. The van der Waals surface area contributed by atoms with Crippen LogP contribution in [0.25, 0.3) is 10.9 Å². The minimum atomic E-state index is -0.584. The van der Waals surface area contributed by atoms with E-state index in [0.717, 1.165) is 30.6 Å². The third-order valence-electron chi connectivity index (χ3n) is 6.81. The number of methoxy groups -OCH3 is 2. The summed E-state index contributed by atoms with van der Waals surface area (Å²) in [5.74, 6) is 2.44. The van der Waals surface area contributed by atoms with E-state index < -0.39 is 11.6 Å². The molecule has 1 fully saturated rings. The van der Waals surface area contributed by atoms with E-state index in [1.807, 2.05) is 45.0 Å². The molecule has 2 atom stereocenters. The van der Waals surface area contributed by atoms with Gasteiger partial charge in [0, 0.05) is 30.2 Å². The van der Waals surface area contributed by atoms with Crippen LogP contribution in [0, 0.1) is 0 Å². The van der Waals surface area contributed by atoms with E-state index in [1.165, 1.54) is 0 Å². The van der Waals surface area contributed by atoms with Gasteiger partial charge in [0.2, 0.25) is 0 Å². The first kappa shape index (κ1) is 25.9. The van der Waals surface area contributed by atoms with Gasteiger partial charge >= 0.3 is 0 Å². The highest BCUT2D eigenvalue weighted by atomic mass is 16.5. The minimum Gasteiger partial charge on any atom is -0.493 e. The van der Waals surface area contributed by atoms with Gasteiger partial charge < -0.3 is 23.6 Å². The Kier molecular flexibility index (Phi) is 7.22. The fraction of sp³-hybridized carbons (Fsp3) is 0.481. The zero-order valence-corrected chi connectivity index (χ0v) is 22.4. The zero-order chi connectivity index (χ0) is 26.9. The molecule has 0 saturated carbocycles. The van der Waals surface area contributed by atoms with Crippen LogP contribution < -0.4 is 15.0 Å². The Hall–Kier alpha value is -3.70. The molecule has 0 bridgehead atoms. The van der Waals surface area contributed by atoms with Crippen molar-refractivity contribution in [3.8, 4) is 11.5 Å². The Balaban J connectivity index is 1.70. The first-order chi connectivity index (χ1) is 18.3. The fourth-order valence-electron chi connectivity index (χ4n) is 5.01. The van der Waals surface area contributed by atoms with Gasteiger partial charge in [-0.05, 0) is 68.3 Å². The molecule has 0 amide bonds. The lowest BCUT2D eigenvalue weighted by atomic mass is 10.0. The van der Waals surface area contributed by atoms with Gasteiger partial charge in [0.15, 0.2) is 17.3 Å². The van der Waals surface area contributed by atoms with Crippen molar-refractivity contribution >= 4 is 10.9 Å². The van der Waals surface area contributed by atoms with E-state index in [4.69, 9.17) is 18.6 Å². The van der Waals surface area contributed by atoms with E-state index in [2.05, 4.69) is 25.4 Å². The Labute approximate surface area is 220 Å². The summed E-state index contributed by atoms with van der Waals surface area (Å²) in [6.45, 7) is 7.83. The predicted molar refractivity (Wildman–Crippen MR) is 140 cm³/mol. The Morgan fingerprint density at radius 2 is 2.00 bits per heavy atom. The quantitative estimate of drug-likeness (QED) is 0.351. The summed E-state index contributed by atoms with van der Waals surface area (Å²) in [6, 6.07) is 8.70. The van der Waals surface area contributed by atoms with Gasteiger partial charge in [-0.15, -0.1) is 5.10 Å². The van der Waals surface area contributed by atoms with Crippen molar-refractivity contribution in [3.05, 3.63) is 64.1 Å². The van der Waals surface area contributed by atoms with Crippen LogP contribution in [0.4, 0.5) is 0 Å². The second-order valence-electron chi connectivity index (χ2n) is 10.5. The molecule has 1 N–H and O–H groups in total. The topological polar surface area (TPSA) is 121 Å². The summed E-state index contributed by atoms with van der Waals surface area (Å²) < 4.78 is 24.5. The fourth-order valence-corrected chi connectivity index (χ4v) is 5.01. The summed E-state index contributed by atoms with van der Waals surface area (Å²) in [7, 11) is 3.15. The number of nitrogens with one attached hydrogen (secondary N) is 1. The predicted octanol–water partition coefficient (Wildman–Crippen LogP) is 3.65. The molecule has 3 aromatic heterocycles. The summed E-state index contributed by atoms with van der Waals surface area (Å²) >= 11 is 0. The second kappa shape index (κ2) is 10.6. The van der Waals surface area contributed by atoms with Crippen molar-refractivity contribution in [1.29, 1.82) is 0 Å². The molecule has 5 rings (SSSR count). The average Bonchev–Trinajstić information content (AvgIpc) is 3.67. The summed E-state index contributed by atoms with van der Waals surface area (Å²) in [5, 5.41) is 13.6. The molecule has 11 heteroatoms. The van der Waals surface area contributed by atoms with Crippen LogP contribution in [0.5, 0.6) is 11.5 Å². The van der Waals surface area contributed by atoms with E-state index in [0.29, 0.717) is 41.5 Å². The van der Waals surface area contributed by atoms with Crippen molar-refractivity contribution in [2.24, 2.45) is 0 Å². The molecule has 1 saturated heterocycles. The molecule has 4 heterocycles. The molecule has 0 radical (unpaired) electrons. The molecule has 11 nitrogen and oxygen atoms in total. The van der Waals surface area contributed by atoms with Crippen molar-refractivity contribution in [1.82, 2.24) is 30.1 Å². The van der Waals surface area contributed by atoms with E-state index in [-0.39, 0.29) is 11.7 Å². The molecule has 1 aliphatic rings. The number of hydrogen-bond donors (Lipinski definition) is 1. The van der Waals surface area contributed by atoms with E-state index in [1.54, 1.807) is 31.2 Å². The zero-order valence-electron chi connectivity index (χ0n) is 22.4. The lowest BCUT2D eigenvalue weighted by Gasteiger charge is -2.33. The Morgan fingerprint density at radius 3 is 2.66 bits per heavy atom. The summed E-state index contributed by atoms with van der Waals surface area (Å²) in [5.41, 5.74) is 0.490. The number of tetrazole rings is 1. The van der Waals surface area contributed by atoms with Gasteiger partial charge in [-0.2, -0.15) is 0 Å². The first-order valence-corrected chi connectivity index (χ1v) is 12.7. The highest BCUT2D eigenvalue weighted by Crippen LogP contribution is 2.35. The van der Waals surface area contributed by atoms with Crippen LogP contribution in [-0.4, -0.2) is 63.6 Å². The van der Waals surface area contributed by atoms with Crippen LogP contribution in [0.15, 0.2) is 45.8 Å². The summed E-state index contributed by atoms with van der Waals surface area (Å²) in [6.07, 6.45) is 3.62. The smallest absolute Gasteiger partial charge is 0.253 e. The number of hydrogen-bond acceptors (Lipinski definition) is 9. The lowest BCUT2D eigenvalue weighted by Crippen LogP contribution is -2.40. The van der Waals surface area contributed by atoms with Gasteiger partial charge in [0.1, 0.15) is 11.8 Å². The number of nitrogens with zero attached hydrogens (tertiary/aromatic N) is 5. The Bertz CT molecular complexity index is 1430. The first-order valence-electron chi connectivity index (χ1n) is 12.7. The van der Waals surface area contributed by atoms with E-state index in [9.17, 15) is 4.79 Å². The van der Waals surface area contributed by atoms with Gasteiger partial charge in [0.05, 0.1) is 44.2 Å². The van der Waals surface area contributed by atoms with Crippen molar-refractivity contribution in [2.75, 3.05) is 27.4 Å². The Morgan fingerprint density at radius 1 is 1.21 bits per heavy atom. The number of pyridine rings is 1. The molecular weight excluding hydrogens is 488 g/mol. The monoisotopic (exact) mass is 522 g/mol. The lowest BCUT2D eigenvalue weighted by molar-refractivity contribution is 0.0536. The number of fused-ring (bicyclic) bond motifs is 1. The maximum absolute atomic E-state index is 13.7. The number of benzene rings is 1. The second-order valence-corrected chi connectivity index (χ2v) is 10.5. The standard InChI is InChI=1S/C27H34N6O5/c1-27(2,3)33-25(29-30-31-33)24(32(15-18-8-6-10-37-18)16-19-9-7-11-38-19)20-12-17-13-22(35-4)23(36-5)14-21(17)28-26(20)34/h6,8,10,12-14,19,24H,7,9,11,15-16H2,1-5H3,(H,28,34)/t19-,24-/m1/s1. The van der Waals surface area contributed by atoms with Crippen LogP contribution in [0.3, 0.4) is 0 Å². The molecular formula is C27H34N6O5. The highest BCUT2D eigenvalue weighted by molar-refractivity contribution is 5.83. The SMILES string of the molecule is COc1cc2cc([C@H](c3nnnn3C(C)(C)C)N(Cc3ccco3)C[C@H]3CCCO3)c(=O)[nH]c2cc1OC. The number of furan rings is 1. The van der Waals surface area contributed by atoms with Gasteiger partial charge in [-0.3, -0.25) is 9.69 Å². The number of H-pyrrole nitrogens is 1. The average molecular weight is 523 g/mol. The highest BCUT2D eigenvalue weighted by Gasteiger charge is 2.35. The van der Waals surface area contributed by atoms with Gasteiger partial charge in [-0.1, -0.05) is 0 Å². The van der Waals surface area contributed by atoms with Gasteiger partial charge in [0.25, 0.3) is 5.56 Å². The normalized spacial score (nSPS) is 16.8. The molecule has 0 aliphatic carbocycles. The molecule has 202 valence electrons. The van der Waals surface area contributed by atoms with Crippen molar-refractivity contribution in [3.63, 3.8) is 0 Å². The van der Waals surface area contributed by atoms with Crippen molar-refractivity contribution < 1.29 is 18.6 Å². The maximum atomic E-state index is 13.7. The minimum absolute atomic E-state index is 0.0234. The van der Waals surface area contributed by atoms with Crippen LogP contribution in [0.2, 0.25) is 0 Å². The molecule has 1 aliphatic heterocycles. The van der Waals surface area contributed by atoms with Gasteiger partial charge in [-0.25, -0.2) is 4.68 Å². The van der Waals surface area contributed by atoms with Crippen LogP contribution in [0.1, 0.15) is 56.8 Å². The molecule has 4 aromatic rings. The third-order valence-corrected chi connectivity index (χ3v) is 6.81. The summed E-state index contributed by atoms with van der Waals surface area (Å²) in [4.78, 5) is 19.0. The van der Waals surface area contributed by atoms with Crippen LogP contribution >= 0.6 is 0 Å². The van der Waals surface area contributed by atoms with Crippen molar-refractivity contribution in [2.45, 2.75) is 57.8 Å². The number of aromatic amines is 1. The largest absolute Gasteiger partial charge is 0.493 e.